The van der Waals surface area contributed by atoms with E-state index in [1.54, 1.807) is 24.3 Å². The smallest absolute Gasteiger partial charge is 0.243 e. The number of hydrogen-bond acceptors (Lipinski definition) is 5. The standard InChI is InChI=1S/C21H28N4O3S2/c1-24(2)20(17-6-4-3-5-7-17)16-22-21(29)23-18-8-10-19(11-9-18)30(26,27)25-12-14-28-15-13-25/h3-11,20H,12-16H2,1-2H3,(H2,22,23,29). The number of nitrogens with zero attached hydrogens (tertiary/aromatic N) is 2. The summed E-state index contributed by atoms with van der Waals surface area (Å²) in [5, 5.41) is 6.85. The van der Waals surface area contributed by atoms with Crippen LogP contribution in [0, 0.1) is 0 Å². The summed E-state index contributed by atoms with van der Waals surface area (Å²) >= 11 is 5.42. The predicted molar refractivity (Wildman–Crippen MR) is 123 cm³/mol. The maximum Gasteiger partial charge on any atom is 0.243 e. The first-order valence-corrected chi connectivity index (χ1v) is 11.7. The van der Waals surface area contributed by atoms with E-state index in [4.69, 9.17) is 17.0 Å². The van der Waals surface area contributed by atoms with E-state index < -0.39 is 10.0 Å². The van der Waals surface area contributed by atoms with Crippen LogP contribution in [-0.4, -0.2) is 69.7 Å². The van der Waals surface area contributed by atoms with Gasteiger partial charge in [-0.1, -0.05) is 30.3 Å². The van der Waals surface area contributed by atoms with Crippen molar-refractivity contribution in [3.8, 4) is 0 Å². The fourth-order valence-corrected chi connectivity index (χ4v) is 4.89. The van der Waals surface area contributed by atoms with Crippen molar-refractivity contribution in [1.82, 2.24) is 14.5 Å². The van der Waals surface area contributed by atoms with Gasteiger partial charge < -0.3 is 20.3 Å². The van der Waals surface area contributed by atoms with Crippen LogP contribution in [0.4, 0.5) is 5.69 Å². The van der Waals surface area contributed by atoms with Gasteiger partial charge in [-0.05, 0) is 56.1 Å². The van der Waals surface area contributed by atoms with Gasteiger partial charge in [0.2, 0.25) is 10.0 Å². The van der Waals surface area contributed by atoms with Crippen LogP contribution < -0.4 is 10.6 Å². The molecule has 0 aliphatic carbocycles. The lowest BCUT2D eigenvalue weighted by atomic mass is 10.1. The van der Waals surface area contributed by atoms with E-state index >= 15 is 0 Å². The lowest BCUT2D eigenvalue weighted by Gasteiger charge is -2.26. The molecule has 1 heterocycles. The number of nitrogens with one attached hydrogen (secondary N) is 2. The Morgan fingerprint density at radius 3 is 2.33 bits per heavy atom. The first-order valence-electron chi connectivity index (χ1n) is 9.82. The zero-order valence-corrected chi connectivity index (χ0v) is 18.9. The molecule has 1 atom stereocenters. The van der Waals surface area contributed by atoms with Crippen LogP contribution in [0.1, 0.15) is 11.6 Å². The molecule has 3 rings (SSSR count). The summed E-state index contributed by atoms with van der Waals surface area (Å²) in [5.74, 6) is 0. The lowest BCUT2D eigenvalue weighted by Crippen LogP contribution is -2.40. The molecule has 9 heteroatoms. The molecular formula is C21H28N4O3S2. The van der Waals surface area contributed by atoms with Gasteiger partial charge in [-0.2, -0.15) is 4.31 Å². The van der Waals surface area contributed by atoms with Gasteiger partial charge >= 0.3 is 0 Å². The van der Waals surface area contributed by atoms with Gasteiger partial charge in [-0.15, -0.1) is 0 Å². The Bertz CT molecular complexity index is 928. The number of benzene rings is 2. The van der Waals surface area contributed by atoms with Crippen LogP contribution in [-0.2, 0) is 14.8 Å². The minimum atomic E-state index is -3.50. The molecule has 1 aliphatic rings. The molecule has 1 fully saturated rings. The second-order valence-corrected chi connectivity index (χ2v) is 9.61. The van der Waals surface area contributed by atoms with Crippen molar-refractivity contribution in [2.75, 3.05) is 52.3 Å². The van der Waals surface area contributed by atoms with Crippen LogP contribution in [0.5, 0.6) is 0 Å². The second-order valence-electron chi connectivity index (χ2n) is 7.27. The van der Waals surface area contributed by atoms with Crippen molar-refractivity contribution in [1.29, 1.82) is 0 Å². The van der Waals surface area contributed by atoms with Gasteiger partial charge in [0.25, 0.3) is 0 Å². The van der Waals surface area contributed by atoms with Crippen molar-refractivity contribution in [3.05, 3.63) is 60.2 Å². The highest BCUT2D eigenvalue weighted by molar-refractivity contribution is 7.89. The second kappa shape index (κ2) is 10.3. The molecule has 1 saturated heterocycles. The van der Waals surface area contributed by atoms with Crippen molar-refractivity contribution in [2.45, 2.75) is 10.9 Å². The molecule has 0 spiro atoms. The Labute approximate surface area is 184 Å². The average molecular weight is 449 g/mol. The SMILES string of the molecule is CN(C)C(CNC(=S)Nc1ccc(S(=O)(=O)N2CCOCC2)cc1)c1ccccc1. The number of sulfonamides is 1. The quantitative estimate of drug-likeness (QED) is 0.630. The third-order valence-corrected chi connectivity index (χ3v) is 7.14. The maximum absolute atomic E-state index is 12.7. The molecule has 1 unspecified atom stereocenters. The fraction of sp³-hybridized carbons (Fsp3) is 0.381. The fourth-order valence-electron chi connectivity index (χ4n) is 3.28. The summed E-state index contributed by atoms with van der Waals surface area (Å²) in [4.78, 5) is 2.40. The monoisotopic (exact) mass is 448 g/mol. The number of morpholine rings is 1. The zero-order valence-electron chi connectivity index (χ0n) is 17.2. The van der Waals surface area contributed by atoms with Crippen molar-refractivity contribution in [2.24, 2.45) is 0 Å². The summed E-state index contributed by atoms with van der Waals surface area (Å²) in [7, 11) is 0.565. The Kier molecular flexibility index (Phi) is 7.79. The summed E-state index contributed by atoms with van der Waals surface area (Å²) < 4.78 is 32.1. The third-order valence-electron chi connectivity index (χ3n) is 4.98. The van der Waals surface area contributed by atoms with Gasteiger partial charge in [0.15, 0.2) is 5.11 Å². The molecule has 30 heavy (non-hydrogen) atoms. The van der Waals surface area contributed by atoms with E-state index in [0.717, 1.165) is 5.69 Å². The number of likely N-dealkylation sites (N-methyl/N-ethyl adjacent to an activating group) is 1. The minimum Gasteiger partial charge on any atom is -0.379 e. The van der Waals surface area contributed by atoms with E-state index in [9.17, 15) is 8.42 Å². The van der Waals surface area contributed by atoms with Crippen molar-refractivity contribution >= 4 is 33.0 Å². The largest absolute Gasteiger partial charge is 0.379 e. The molecular weight excluding hydrogens is 420 g/mol. The van der Waals surface area contributed by atoms with Crippen LogP contribution in [0.3, 0.4) is 0 Å². The molecule has 0 aromatic heterocycles. The Balaban J connectivity index is 1.58. The van der Waals surface area contributed by atoms with Crippen molar-refractivity contribution in [3.63, 3.8) is 0 Å². The number of ether oxygens (including phenoxy) is 1. The van der Waals surface area contributed by atoms with Gasteiger partial charge in [0.1, 0.15) is 0 Å². The molecule has 0 bridgehead atoms. The molecule has 0 radical (unpaired) electrons. The van der Waals surface area contributed by atoms with E-state index in [2.05, 4.69) is 27.7 Å². The Morgan fingerprint density at radius 1 is 1.10 bits per heavy atom. The number of rotatable bonds is 7. The van der Waals surface area contributed by atoms with Crippen LogP contribution >= 0.6 is 12.2 Å². The van der Waals surface area contributed by atoms with E-state index in [-0.39, 0.29) is 10.9 Å². The van der Waals surface area contributed by atoms with Crippen LogP contribution in [0.15, 0.2) is 59.5 Å². The summed E-state index contributed by atoms with van der Waals surface area (Å²) in [5.41, 5.74) is 1.94. The predicted octanol–water partition coefficient (Wildman–Crippen LogP) is 2.30. The Morgan fingerprint density at radius 2 is 1.73 bits per heavy atom. The van der Waals surface area contributed by atoms with Crippen LogP contribution in [0.25, 0.3) is 0 Å². The number of hydrogen-bond donors (Lipinski definition) is 2. The number of thiocarbonyl (C=S) groups is 1. The number of anilines is 1. The minimum absolute atomic E-state index is 0.173. The molecule has 2 aromatic rings. The molecule has 1 aliphatic heterocycles. The van der Waals surface area contributed by atoms with Gasteiger partial charge in [0.05, 0.1) is 24.2 Å². The normalized spacial score (nSPS) is 16.2. The third kappa shape index (κ3) is 5.77. The van der Waals surface area contributed by atoms with Gasteiger partial charge in [-0.3, -0.25) is 0 Å². The highest BCUT2D eigenvalue weighted by Gasteiger charge is 2.26. The maximum atomic E-state index is 12.7. The van der Waals surface area contributed by atoms with E-state index in [0.29, 0.717) is 38.0 Å². The molecule has 0 amide bonds. The highest BCUT2D eigenvalue weighted by atomic mass is 32.2. The van der Waals surface area contributed by atoms with Gasteiger partial charge in [-0.25, -0.2) is 8.42 Å². The summed E-state index contributed by atoms with van der Waals surface area (Å²) in [6, 6.07) is 17.1. The van der Waals surface area contributed by atoms with E-state index in [1.807, 2.05) is 32.3 Å². The first kappa shape index (κ1) is 22.6. The molecule has 7 nitrogen and oxygen atoms in total. The molecule has 2 aromatic carbocycles. The summed E-state index contributed by atoms with van der Waals surface area (Å²) in [6.45, 7) is 2.26. The lowest BCUT2D eigenvalue weighted by molar-refractivity contribution is 0.0730. The zero-order chi connectivity index (χ0) is 21.6. The van der Waals surface area contributed by atoms with E-state index in [1.165, 1.54) is 9.87 Å². The molecule has 162 valence electrons. The Hall–Kier alpha value is -2.04. The topological polar surface area (TPSA) is 73.9 Å². The van der Waals surface area contributed by atoms with Crippen LogP contribution in [0.2, 0.25) is 0 Å². The first-order chi connectivity index (χ1) is 14.4. The van der Waals surface area contributed by atoms with Crippen molar-refractivity contribution < 1.29 is 13.2 Å². The summed E-state index contributed by atoms with van der Waals surface area (Å²) in [6.07, 6.45) is 0. The van der Waals surface area contributed by atoms with Gasteiger partial charge in [0, 0.05) is 25.3 Å². The molecule has 0 saturated carbocycles. The molecule has 2 N–H and O–H groups in total. The highest BCUT2D eigenvalue weighted by Crippen LogP contribution is 2.20. The average Bonchev–Trinajstić information content (AvgIpc) is 2.75.